The van der Waals surface area contributed by atoms with Gasteiger partial charge in [-0.1, -0.05) is 20.3 Å². The summed E-state index contributed by atoms with van der Waals surface area (Å²) in [5.74, 6) is 1.96. The van der Waals surface area contributed by atoms with Crippen LogP contribution >= 0.6 is 0 Å². The second-order valence-electron chi connectivity index (χ2n) is 6.40. The van der Waals surface area contributed by atoms with Crippen molar-refractivity contribution >= 4 is 0 Å². The van der Waals surface area contributed by atoms with Crippen molar-refractivity contribution in [2.45, 2.75) is 58.9 Å². The molecule has 2 fully saturated rings. The molecule has 0 bridgehead atoms. The Morgan fingerprint density at radius 1 is 0.944 bits per heavy atom. The summed E-state index contributed by atoms with van der Waals surface area (Å²) in [5.41, 5.74) is 0. The zero-order valence-corrected chi connectivity index (χ0v) is 12.7. The molecule has 1 unspecified atom stereocenters. The second kappa shape index (κ2) is 6.91. The Morgan fingerprint density at radius 3 is 2.06 bits per heavy atom. The van der Waals surface area contributed by atoms with E-state index in [1.54, 1.807) is 0 Å². The molecule has 106 valence electrons. The van der Waals surface area contributed by atoms with Crippen LogP contribution in [0, 0.1) is 11.8 Å². The number of rotatable bonds is 4. The first kappa shape index (κ1) is 14.3. The van der Waals surface area contributed by atoms with Gasteiger partial charge in [-0.25, -0.2) is 0 Å². The van der Waals surface area contributed by atoms with E-state index in [9.17, 15) is 0 Å². The SMILES string of the molecule is CCC1CCN(C(C)C2CCN(CC)CC2)CC1. The zero-order valence-electron chi connectivity index (χ0n) is 12.7. The summed E-state index contributed by atoms with van der Waals surface area (Å²) in [5, 5.41) is 0. The van der Waals surface area contributed by atoms with Crippen LogP contribution in [0.2, 0.25) is 0 Å². The summed E-state index contributed by atoms with van der Waals surface area (Å²) in [6.07, 6.45) is 7.10. The van der Waals surface area contributed by atoms with E-state index in [2.05, 4.69) is 30.6 Å². The minimum Gasteiger partial charge on any atom is -0.304 e. The molecule has 2 rings (SSSR count). The van der Waals surface area contributed by atoms with Crippen LogP contribution in [0.25, 0.3) is 0 Å². The van der Waals surface area contributed by atoms with Gasteiger partial charge in [0, 0.05) is 6.04 Å². The van der Waals surface area contributed by atoms with Gasteiger partial charge < -0.3 is 9.80 Å². The van der Waals surface area contributed by atoms with Crippen LogP contribution in [-0.4, -0.2) is 48.6 Å². The van der Waals surface area contributed by atoms with Gasteiger partial charge in [0.05, 0.1) is 0 Å². The molecule has 0 spiro atoms. The fourth-order valence-electron chi connectivity index (χ4n) is 3.82. The predicted octanol–water partition coefficient (Wildman–Crippen LogP) is 3.23. The maximum atomic E-state index is 2.78. The third-order valence-electron chi connectivity index (χ3n) is 5.56. The molecule has 2 saturated heterocycles. The lowest BCUT2D eigenvalue weighted by molar-refractivity contribution is 0.0706. The third-order valence-corrected chi connectivity index (χ3v) is 5.56. The van der Waals surface area contributed by atoms with Crippen molar-refractivity contribution in [1.82, 2.24) is 9.80 Å². The van der Waals surface area contributed by atoms with Gasteiger partial charge in [-0.15, -0.1) is 0 Å². The Kier molecular flexibility index (Phi) is 5.50. The van der Waals surface area contributed by atoms with Gasteiger partial charge in [0.2, 0.25) is 0 Å². The fourth-order valence-corrected chi connectivity index (χ4v) is 3.82. The van der Waals surface area contributed by atoms with Crippen LogP contribution in [-0.2, 0) is 0 Å². The Bertz CT molecular complexity index is 201. The molecule has 0 radical (unpaired) electrons. The first-order chi connectivity index (χ1) is 8.74. The van der Waals surface area contributed by atoms with Gasteiger partial charge >= 0.3 is 0 Å². The standard InChI is InChI=1S/C16H32N2/c1-4-15-6-12-18(13-7-15)14(3)16-8-10-17(5-2)11-9-16/h14-16H,4-13H2,1-3H3. The third kappa shape index (κ3) is 3.48. The highest BCUT2D eigenvalue weighted by Gasteiger charge is 2.29. The first-order valence-electron chi connectivity index (χ1n) is 8.21. The van der Waals surface area contributed by atoms with E-state index in [-0.39, 0.29) is 0 Å². The molecule has 0 amide bonds. The molecule has 1 atom stereocenters. The maximum absolute atomic E-state index is 2.78. The van der Waals surface area contributed by atoms with Crippen molar-refractivity contribution in [2.75, 3.05) is 32.7 Å². The van der Waals surface area contributed by atoms with Crippen molar-refractivity contribution in [2.24, 2.45) is 11.8 Å². The number of nitrogens with zero attached hydrogens (tertiary/aromatic N) is 2. The topological polar surface area (TPSA) is 6.48 Å². The molecule has 0 saturated carbocycles. The van der Waals surface area contributed by atoms with E-state index < -0.39 is 0 Å². The lowest BCUT2D eigenvalue weighted by atomic mass is 9.86. The Labute approximate surface area is 114 Å². The lowest BCUT2D eigenvalue weighted by Gasteiger charge is -2.42. The molecule has 0 aliphatic carbocycles. The molecule has 2 aliphatic heterocycles. The highest BCUT2D eigenvalue weighted by Crippen LogP contribution is 2.28. The molecule has 18 heavy (non-hydrogen) atoms. The fraction of sp³-hybridized carbons (Fsp3) is 1.00. The van der Waals surface area contributed by atoms with E-state index >= 15 is 0 Å². The molecule has 2 heteroatoms. The summed E-state index contributed by atoms with van der Waals surface area (Å²) >= 11 is 0. The second-order valence-corrected chi connectivity index (χ2v) is 6.40. The number of likely N-dealkylation sites (tertiary alicyclic amines) is 2. The summed E-state index contributed by atoms with van der Waals surface area (Å²) in [6.45, 7) is 13.7. The minimum absolute atomic E-state index is 0.821. The minimum atomic E-state index is 0.821. The molecule has 0 aromatic heterocycles. The van der Waals surface area contributed by atoms with Crippen LogP contribution < -0.4 is 0 Å². The summed E-state index contributed by atoms with van der Waals surface area (Å²) in [4.78, 5) is 5.38. The molecule has 2 heterocycles. The zero-order chi connectivity index (χ0) is 13.0. The highest BCUT2D eigenvalue weighted by molar-refractivity contribution is 4.83. The molecular weight excluding hydrogens is 220 g/mol. The van der Waals surface area contributed by atoms with Crippen LogP contribution in [0.15, 0.2) is 0 Å². The monoisotopic (exact) mass is 252 g/mol. The Balaban J connectivity index is 1.76. The van der Waals surface area contributed by atoms with Crippen LogP contribution in [0.3, 0.4) is 0 Å². The van der Waals surface area contributed by atoms with Gasteiger partial charge in [0.15, 0.2) is 0 Å². The van der Waals surface area contributed by atoms with Crippen molar-refractivity contribution in [3.8, 4) is 0 Å². The van der Waals surface area contributed by atoms with Crippen molar-refractivity contribution in [1.29, 1.82) is 0 Å². The van der Waals surface area contributed by atoms with Gasteiger partial charge in [-0.3, -0.25) is 0 Å². The first-order valence-corrected chi connectivity index (χ1v) is 8.21. The van der Waals surface area contributed by atoms with E-state index in [1.165, 1.54) is 64.8 Å². The van der Waals surface area contributed by atoms with Crippen molar-refractivity contribution < 1.29 is 0 Å². The van der Waals surface area contributed by atoms with Crippen LogP contribution in [0.5, 0.6) is 0 Å². The molecule has 2 nitrogen and oxygen atoms in total. The van der Waals surface area contributed by atoms with Crippen molar-refractivity contribution in [3.05, 3.63) is 0 Å². The maximum Gasteiger partial charge on any atom is 0.00961 e. The van der Waals surface area contributed by atoms with Crippen molar-refractivity contribution in [3.63, 3.8) is 0 Å². The summed E-state index contributed by atoms with van der Waals surface area (Å²) in [6, 6.07) is 0.821. The molecule has 0 N–H and O–H groups in total. The van der Waals surface area contributed by atoms with E-state index in [1.807, 2.05) is 0 Å². The molecule has 2 aliphatic rings. The van der Waals surface area contributed by atoms with Gasteiger partial charge in [-0.05, 0) is 77.2 Å². The van der Waals surface area contributed by atoms with Gasteiger partial charge in [-0.2, -0.15) is 0 Å². The van der Waals surface area contributed by atoms with Crippen LogP contribution in [0.4, 0.5) is 0 Å². The van der Waals surface area contributed by atoms with Gasteiger partial charge in [0.1, 0.15) is 0 Å². The smallest absolute Gasteiger partial charge is 0.00961 e. The molecular formula is C16H32N2. The van der Waals surface area contributed by atoms with E-state index in [0.29, 0.717) is 0 Å². The Morgan fingerprint density at radius 2 is 1.56 bits per heavy atom. The normalized spacial score (nSPS) is 27.5. The predicted molar refractivity (Wildman–Crippen MR) is 78.9 cm³/mol. The molecule has 0 aromatic carbocycles. The summed E-state index contributed by atoms with van der Waals surface area (Å²) < 4.78 is 0. The average molecular weight is 252 g/mol. The van der Waals surface area contributed by atoms with E-state index in [0.717, 1.165) is 17.9 Å². The van der Waals surface area contributed by atoms with E-state index in [4.69, 9.17) is 0 Å². The average Bonchev–Trinajstić information content (AvgIpc) is 2.47. The van der Waals surface area contributed by atoms with Crippen LogP contribution in [0.1, 0.15) is 52.9 Å². The van der Waals surface area contributed by atoms with Gasteiger partial charge in [0.25, 0.3) is 0 Å². The summed E-state index contributed by atoms with van der Waals surface area (Å²) in [7, 11) is 0. The highest BCUT2D eigenvalue weighted by atomic mass is 15.2. The molecule has 0 aromatic rings. The number of hydrogen-bond acceptors (Lipinski definition) is 2. The largest absolute Gasteiger partial charge is 0.304 e. The quantitative estimate of drug-likeness (QED) is 0.758. The lowest BCUT2D eigenvalue weighted by Crippen LogP contribution is -2.46. The Hall–Kier alpha value is -0.0800. The number of piperidine rings is 2. The number of hydrogen-bond donors (Lipinski definition) is 0.